The molecule has 1 heterocycles. The minimum Gasteiger partial charge on any atom is -0.316 e. The van der Waals surface area contributed by atoms with E-state index < -0.39 is 0 Å². The van der Waals surface area contributed by atoms with E-state index in [1.54, 1.807) is 0 Å². The van der Waals surface area contributed by atoms with Crippen molar-refractivity contribution in [2.45, 2.75) is 26.7 Å². The number of aryl methyl sites for hydroxylation is 2. The first-order chi connectivity index (χ1) is 6.75. The Morgan fingerprint density at radius 2 is 2.21 bits per heavy atom. The van der Waals surface area contributed by atoms with Crippen LogP contribution in [0.15, 0.2) is 18.2 Å². The van der Waals surface area contributed by atoms with Gasteiger partial charge in [-0.25, -0.2) is 0 Å². The van der Waals surface area contributed by atoms with Crippen molar-refractivity contribution in [3.63, 3.8) is 0 Å². The lowest BCUT2D eigenvalue weighted by molar-refractivity contribution is 0.578. The van der Waals surface area contributed by atoms with E-state index in [-0.39, 0.29) is 0 Å². The van der Waals surface area contributed by atoms with E-state index in [1.165, 1.54) is 42.6 Å². The molecule has 0 bridgehead atoms. The first kappa shape index (κ1) is 9.72. The minimum absolute atomic E-state index is 0.858. The van der Waals surface area contributed by atoms with Crippen LogP contribution in [-0.2, 0) is 6.42 Å². The predicted molar refractivity (Wildman–Crippen MR) is 60.6 cm³/mol. The molecule has 0 radical (unpaired) electrons. The average molecular weight is 189 g/mol. The molecule has 1 aliphatic heterocycles. The van der Waals surface area contributed by atoms with Gasteiger partial charge >= 0.3 is 0 Å². The standard InChI is InChI=1S/C13H19N/c1-10-3-4-13(11(2)7-10)8-12-5-6-14-9-12/h3-4,7,12,14H,5-6,8-9H2,1-2H3. The maximum absolute atomic E-state index is 3.42. The van der Waals surface area contributed by atoms with Crippen LogP contribution < -0.4 is 5.32 Å². The highest BCUT2D eigenvalue weighted by molar-refractivity contribution is 5.30. The van der Waals surface area contributed by atoms with E-state index in [1.807, 2.05) is 0 Å². The van der Waals surface area contributed by atoms with E-state index in [9.17, 15) is 0 Å². The quantitative estimate of drug-likeness (QED) is 0.753. The third-order valence-electron chi connectivity index (χ3n) is 3.17. The Morgan fingerprint density at radius 3 is 2.86 bits per heavy atom. The predicted octanol–water partition coefficient (Wildman–Crippen LogP) is 2.46. The summed E-state index contributed by atoms with van der Waals surface area (Å²) in [5.41, 5.74) is 4.36. The van der Waals surface area contributed by atoms with Crippen molar-refractivity contribution in [1.29, 1.82) is 0 Å². The highest BCUT2D eigenvalue weighted by atomic mass is 14.9. The van der Waals surface area contributed by atoms with E-state index in [2.05, 4.69) is 37.4 Å². The fraction of sp³-hybridized carbons (Fsp3) is 0.538. The molecule has 1 N–H and O–H groups in total. The van der Waals surface area contributed by atoms with E-state index >= 15 is 0 Å². The fourth-order valence-corrected chi connectivity index (χ4v) is 2.27. The monoisotopic (exact) mass is 189 g/mol. The summed E-state index contributed by atoms with van der Waals surface area (Å²) in [6.45, 7) is 6.79. The van der Waals surface area contributed by atoms with Gasteiger partial charge in [0.05, 0.1) is 0 Å². The minimum atomic E-state index is 0.858. The Labute approximate surface area is 86.5 Å². The Bertz CT molecular complexity index is 311. The SMILES string of the molecule is Cc1ccc(CC2CCNC2)c(C)c1. The molecule has 1 aromatic rings. The molecule has 1 heteroatoms. The summed E-state index contributed by atoms with van der Waals surface area (Å²) in [5.74, 6) is 0.858. The first-order valence-corrected chi connectivity index (χ1v) is 5.52. The summed E-state index contributed by atoms with van der Waals surface area (Å²) < 4.78 is 0. The zero-order chi connectivity index (χ0) is 9.97. The lowest BCUT2D eigenvalue weighted by atomic mass is 9.94. The largest absolute Gasteiger partial charge is 0.316 e. The topological polar surface area (TPSA) is 12.0 Å². The van der Waals surface area contributed by atoms with Gasteiger partial charge in [0, 0.05) is 0 Å². The number of benzene rings is 1. The molecule has 0 aromatic heterocycles. The molecule has 2 rings (SSSR count). The van der Waals surface area contributed by atoms with Crippen LogP contribution in [0.25, 0.3) is 0 Å². The van der Waals surface area contributed by atoms with Crippen LogP contribution in [0.4, 0.5) is 0 Å². The van der Waals surface area contributed by atoms with Crippen LogP contribution in [0, 0.1) is 19.8 Å². The van der Waals surface area contributed by atoms with Crippen molar-refractivity contribution in [1.82, 2.24) is 5.32 Å². The van der Waals surface area contributed by atoms with Crippen LogP contribution in [0.5, 0.6) is 0 Å². The van der Waals surface area contributed by atoms with Crippen LogP contribution in [0.3, 0.4) is 0 Å². The Kier molecular flexibility index (Phi) is 2.87. The highest BCUT2D eigenvalue weighted by Crippen LogP contribution is 2.18. The molecule has 14 heavy (non-hydrogen) atoms. The van der Waals surface area contributed by atoms with E-state index in [0.29, 0.717) is 0 Å². The van der Waals surface area contributed by atoms with Gasteiger partial charge in [-0.2, -0.15) is 0 Å². The van der Waals surface area contributed by atoms with Gasteiger partial charge in [0.25, 0.3) is 0 Å². The zero-order valence-electron chi connectivity index (χ0n) is 9.14. The second kappa shape index (κ2) is 4.14. The third-order valence-corrected chi connectivity index (χ3v) is 3.17. The maximum Gasteiger partial charge on any atom is -0.00169 e. The Balaban J connectivity index is 2.08. The van der Waals surface area contributed by atoms with Gasteiger partial charge in [-0.1, -0.05) is 23.8 Å². The smallest absolute Gasteiger partial charge is 0.00169 e. The first-order valence-electron chi connectivity index (χ1n) is 5.52. The van der Waals surface area contributed by atoms with Gasteiger partial charge in [-0.05, 0) is 56.8 Å². The molecule has 1 aliphatic rings. The molecule has 1 aromatic carbocycles. The number of hydrogen-bond donors (Lipinski definition) is 1. The zero-order valence-corrected chi connectivity index (χ0v) is 9.14. The Morgan fingerprint density at radius 1 is 1.36 bits per heavy atom. The van der Waals surface area contributed by atoms with Crippen molar-refractivity contribution in [3.05, 3.63) is 34.9 Å². The van der Waals surface area contributed by atoms with Gasteiger partial charge in [0.1, 0.15) is 0 Å². The fourth-order valence-electron chi connectivity index (χ4n) is 2.27. The molecule has 1 saturated heterocycles. The van der Waals surface area contributed by atoms with Gasteiger partial charge in [-0.3, -0.25) is 0 Å². The second-order valence-corrected chi connectivity index (χ2v) is 4.49. The van der Waals surface area contributed by atoms with Gasteiger partial charge in [0.15, 0.2) is 0 Å². The van der Waals surface area contributed by atoms with E-state index in [4.69, 9.17) is 0 Å². The third kappa shape index (κ3) is 2.16. The molecular weight excluding hydrogens is 170 g/mol. The summed E-state index contributed by atoms with van der Waals surface area (Å²) in [6.07, 6.45) is 2.59. The second-order valence-electron chi connectivity index (χ2n) is 4.49. The molecular formula is C13H19N. The highest BCUT2D eigenvalue weighted by Gasteiger charge is 2.15. The van der Waals surface area contributed by atoms with Crippen LogP contribution >= 0.6 is 0 Å². The van der Waals surface area contributed by atoms with Crippen LogP contribution in [0.1, 0.15) is 23.1 Å². The lowest BCUT2D eigenvalue weighted by Gasteiger charge is -2.11. The van der Waals surface area contributed by atoms with Gasteiger partial charge in [0.2, 0.25) is 0 Å². The summed E-state index contributed by atoms with van der Waals surface area (Å²) in [5, 5.41) is 3.42. The lowest BCUT2D eigenvalue weighted by Crippen LogP contribution is -2.11. The molecule has 1 fully saturated rings. The summed E-state index contributed by atoms with van der Waals surface area (Å²) in [4.78, 5) is 0. The van der Waals surface area contributed by atoms with Crippen molar-refractivity contribution < 1.29 is 0 Å². The maximum atomic E-state index is 3.42. The van der Waals surface area contributed by atoms with Crippen molar-refractivity contribution in [2.75, 3.05) is 13.1 Å². The van der Waals surface area contributed by atoms with E-state index in [0.717, 1.165) is 5.92 Å². The average Bonchev–Trinajstić information content (AvgIpc) is 2.62. The summed E-state index contributed by atoms with van der Waals surface area (Å²) >= 11 is 0. The van der Waals surface area contributed by atoms with Crippen molar-refractivity contribution in [3.8, 4) is 0 Å². The molecule has 0 saturated carbocycles. The van der Waals surface area contributed by atoms with Gasteiger partial charge in [-0.15, -0.1) is 0 Å². The van der Waals surface area contributed by atoms with Gasteiger partial charge < -0.3 is 5.32 Å². The molecule has 1 atom stereocenters. The molecule has 1 unspecified atom stereocenters. The van der Waals surface area contributed by atoms with Crippen LogP contribution in [0.2, 0.25) is 0 Å². The van der Waals surface area contributed by atoms with Crippen molar-refractivity contribution in [2.24, 2.45) is 5.92 Å². The van der Waals surface area contributed by atoms with Crippen LogP contribution in [-0.4, -0.2) is 13.1 Å². The summed E-state index contributed by atoms with van der Waals surface area (Å²) in [6, 6.07) is 6.81. The molecule has 0 spiro atoms. The summed E-state index contributed by atoms with van der Waals surface area (Å²) in [7, 11) is 0. The normalized spacial score (nSPS) is 21.4. The molecule has 1 nitrogen and oxygen atoms in total. The van der Waals surface area contributed by atoms with Crippen molar-refractivity contribution >= 4 is 0 Å². The number of nitrogens with one attached hydrogen (secondary N) is 1. The number of rotatable bonds is 2. The number of hydrogen-bond acceptors (Lipinski definition) is 1. The molecule has 0 amide bonds. The molecule has 0 aliphatic carbocycles. The molecule has 76 valence electrons. The Hall–Kier alpha value is -0.820.